The Balaban J connectivity index is 2.62. The molecule has 92 valence electrons. The molecule has 0 aliphatic carbocycles. The summed E-state index contributed by atoms with van der Waals surface area (Å²) in [6.07, 6.45) is 3.05. The number of hydrogen-bond acceptors (Lipinski definition) is 4. The van der Waals surface area contributed by atoms with Crippen LogP contribution in [-0.4, -0.2) is 22.7 Å². The third-order valence-corrected chi connectivity index (χ3v) is 2.89. The molecule has 0 aliphatic heterocycles. The van der Waals surface area contributed by atoms with Crippen LogP contribution in [-0.2, 0) is 6.42 Å². The minimum Gasteiger partial charge on any atom is -0.339 e. The number of aryl methyl sites for hydroxylation is 1. The second-order valence-corrected chi connectivity index (χ2v) is 4.16. The standard InChI is InChI=1S/C12H23N3O/c1-5-8-13-10(6-2)9(4)12-14-11(7-3)15-16-12/h9-10,13H,5-8H2,1-4H3. The van der Waals surface area contributed by atoms with Gasteiger partial charge in [-0.05, 0) is 19.4 Å². The highest BCUT2D eigenvalue weighted by Gasteiger charge is 2.21. The quantitative estimate of drug-likeness (QED) is 0.774. The van der Waals surface area contributed by atoms with E-state index >= 15 is 0 Å². The van der Waals surface area contributed by atoms with Gasteiger partial charge in [0, 0.05) is 12.5 Å². The van der Waals surface area contributed by atoms with E-state index in [2.05, 4.69) is 36.2 Å². The van der Waals surface area contributed by atoms with Crippen molar-refractivity contribution in [1.82, 2.24) is 15.5 Å². The minimum atomic E-state index is 0.282. The van der Waals surface area contributed by atoms with Gasteiger partial charge in [-0.25, -0.2) is 0 Å². The first kappa shape index (κ1) is 13.2. The SMILES string of the molecule is CCCNC(CC)C(C)c1nc(CC)no1. The molecular weight excluding hydrogens is 202 g/mol. The van der Waals surface area contributed by atoms with Crippen molar-refractivity contribution in [2.45, 2.75) is 58.9 Å². The van der Waals surface area contributed by atoms with E-state index in [4.69, 9.17) is 4.52 Å². The molecule has 0 radical (unpaired) electrons. The van der Waals surface area contributed by atoms with Crippen LogP contribution in [0, 0.1) is 0 Å². The van der Waals surface area contributed by atoms with Gasteiger partial charge in [0.05, 0.1) is 5.92 Å². The number of rotatable bonds is 7. The van der Waals surface area contributed by atoms with Crippen LogP contribution >= 0.6 is 0 Å². The smallest absolute Gasteiger partial charge is 0.231 e. The van der Waals surface area contributed by atoms with Gasteiger partial charge in [0.15, 0.2) is 5.82 Å². The van der Waals surface area contributed by atoms with Gasteiger partial charge >= 0.3 is 0 Å². The molecule has 0 saturated carbocycles. The molecular formula is C12H23N3O. The fraction of sp³-hybridized carbons (Fsp3) is 0.833. The topological polar surface area (TPSA) is 51.0 Å². The summed E-state index contributed by atoms with van der Waals surface area (Å²) in [4.78, 5) is 4.39. The number of hydrogen-bond donors (Lipinski definition) is 1. The van der Waals surface area contributed by atoms with Crippen LogP contribution in [0.3, 0.4) is 0 Å². The van der Waals surface area contributed by atoms with Crippen molar-refractivity contribution in [3.8, 4) is 0 Å². The summed E-state index contributed by atoms with van der Waals surface area (Å²) in [7, 11) is 0. The summed E-state index contributed by atoms with van der Waals surface area (Å²) in [5.74, 6) is 1.84. The molecule has 2 atom stereocenters. The molecule has 4 heteroatoms. The van der Waals surface area contributed by atoms with Crippen molar-refractivity contribution in [2.24, 2.45) is 0 Å². The van der Waals surface area contributed by atoms with Gasteiger partial charge < -0.3 is 9.84 Å². The summed E-state index contributed by atoms with van der Waals surface area (Å²) in [5, 5.41) is 7.46. The van der Waals surface area contributed by atoms with Crippen molar-refractivity contribution in [3.63, 3.8) is 0 Å². The van der Waals surface area contributed by atoms with E-state index in [0.717, 1.165) is 37.5 Å². The maximum Gasteiger partial charge on any atom is 0.231 e. The zero-order chi connectivity index (χ0) is 12.0. The molecule has 0 amide bonds. The number of aromatic nitrogens is 2. The molecule has 0 bridgehead atoms. The molecule has 0 aliphatic rings. The first-order valence-corrected chi connectivity index (χ1v) is 6.28. The van der Waals surface area contributed by atoms with Gasteiger partial charge in [-0.2, -0.15) is 4.98 Å². The molecule has 0 spiro atoms. The van der Waals surface area contributed by atoms with Gasteiger partial charge in [0.1, 0.15) is 0 Å². The average molecular weight is 225 g/mol. The molecule has 2 unspecified atom stereocenters. The highest BCUT2D eigenvalue weighted by atomic mass is 16.5. The van der Waals surface area contributed by atoms with Gasteiger partial charge in [-0.1, -0.05) is 32.9 Å². The van der Waals surface area contributed by atoms with E-state index in [-0.39, 0.29) is 5.92 Å². The Labute approximate surface area is 97.8 Å². The van der Waals surface area contributed by atoms with Crippen LogP contribution in [0.1, 0.15) is 58.2 Å². The molecule has 16 heavy (non-hydrogen) atoms. The molecule has 1 rings (SSSR count). The summed E-state index contributed by atoms with van der Waals surface area (Å²) in [6.45, 7) is 9.57. The Bertz CT molecular complexity index is 298. The monoisotopic (exact) mass is 225 g/mol. The molecule has 1 aromatic heterocycles. The number of nitrogens with zero attached hydrogens (tertiary/aromatic N) is 2. The molecule has 0 saturated heterocycles. The number of nitrogens with one attached hydrogen (secondary N) is 1. The first-order chi connectivity index (χ1) is 7.72. The van der Waals surface area contributed by atoms with Crippen molar-refractivity contribution >= 4 is 0 Å². The lowest BCUT2D eigenvalue weighted by molar-refractivity contribution is 0.317. The Morgan fingerprint density at radius 1 is 1.31 bits per heavy atom. The molecule has 4 nitrogen and oxygen atoms in total. The lowest BCUT2D eigenvalue weighted by atomic mass is 9.99. The molecule has 1 heterocycles. The van der Waals surface area contributed by atoms with E-state index < -0.39 is 0 Å². The Hall–Kier alpha value is -0.900. The van der Waals surface area contributed by atoms with Crippen LogP contribution < -0.4 is 5.32 Å². The summed E-state index contributed by atoms with van der Waals surface area (Å²) >= 11 is 0. The van der Waals surface area contributed by atoms with Crippen molar-refractivity contribution in [2.75, 3.05) is 6.54 Å². The highest BCUT2D eigenvalue weighted by Crippen LogP contribution is 2.19. The maximum absolute atomic E-state index is 5.28. The highest BCUT2D eigenvalue weighted by molar-refractivity contribution is 4.97. The normalized spacial score (nSPS) is 15.0. The zero-order valence-corrected chi connectivity index (χ0v) is 10.8. The molecule has 1 aromatic rings. The van der Waals surface area contributed by atoms with E-state index in [1.165, 1.54) is 0 Å². The summed E-state index contributed by atoms with van der Waals surface area (Å²) in [5.41, 5.74) is 0. The largest absolute Gasteiger partial charge is 0.339 e. The van der Waals surface area contributed by atoms with Crippen molar-refractivity contribution < 1.29 is 4.52 Å². The summed E-state index contributed by atoms with van der Waals surface area (Å²) < 4.78 is 5.28. The van der Waals surface area contributed by atoms with Crippen molar-refractivity contribution in [1.29, 1.82) is 0 Å². The van der Waals surface area contributed by atoms with E-state index in [1.54, 1.807) is 0 Å². The lowest BCUT2D eigenvalue weighted by Gasteiger charge is -2.20. The van der Waals surface area contributed by atoms with Crippen LogP contribution in [0.25, 0.3) is 0 Å². The fourth-order valence-corrected chi connectivity index (χ4v) is 1.77. The first-order valence-electron chi connectivity index (χ1n) is 6.28. The van der Waals surface area contributed by atoms with Gasteiger partial charge in [0.2, 0.25) is 5.89 Å². The van der Waals surface area contributed by atoms with Crippen LogP contribution in [0.4, 0.5) is 0 Å². The van der Waals surface area contributed by atoms with Gasteiger partial charge in [-0.15, -0.1) is 0 Å². The Kier molecular flexibility index (Phi) is 5.46. The minimum absolute atomic E-state index is 0.282. The fourth-order valence-electron chi connectivity index (χ4n) is 1.77. The lowest BCUT2D eigenvalue weighted by Crippen LogP contribution is -2.33. The van der Waals surface area contributed by atoms with Crippen molar-refractivity contribution in [3.05, 3.63) is 11.7 Å². The molecule has 1 N–H and O–H groups in total. The predicted molar refractivity (Wildman–Crippen MR) is 64.5 cm³/mol. The van der Waals surface area contributed by atoms with E-state index in [0.29, 0.717) is 6.04 Å². The molecule has 0 fully saturated rings. The predicted octanol–water partition coefficient (Wildman–Crippen LogP) is 2.51. The molecule has 0 aromatic carbocycles. The zero-order valence-electron chi connectivity index (χ0n) is 10.8. The van der Waals surface area contributed by atoms with Gasteiger partial charge in [0.25, 0.3) is 0 Å². The third kappa shape index (κ3) is 3.30. The maximum atomic E-state index is 5.28. The van der Waals surface area contributed by atoms with Gasteiger partial charge in [-0.3, -0.25) is 0 Å². The Morgan fingerprint density at radius 3 is 2.56 bits per heavy atom. The third-order valence-electron chi connectivity index (χ3n) is 2.89. The second-order valence-electron chi connectivity index (χ2n) is 4.16. The Morgan fingerprint density at radius 2 is 2.06 bits per heavy atom. The average Bonchev–Trinajstić information content (AvgIpc) is 2.78. The van der Waals surface area contributed by atoms with Crippen LogP contribution in [0.5, 0.6) is 0 Å². The van der Waals surface area contributed by atoms with Crippen LogP contribution in [0.15, 0.2) is 4.52 Å². The summed E-state index contributed by atoms with van der Waals surface area (Å²) in [6, 6.07) is 0.421. The van der Waals surface area contributed by atoms with Crippen LogP contribution in [0.2, 0.25) is 0 Å². The van der Waals surface area contributed by atoms with E-state index in [1.807, 2.05) is 6.92 Å². The van der Waals surface area contributed by atoms with E-state index in [9.17, 15) is 0 Å². The second kappa shape index (κ2) is 6.63.